The highest BCUT2D eigenvalue weighted by Crippen LogP contribution is 2.45. The van der Waals surface area contributed by atoms with E-state index in [1.165, 1.54) is 19.3 Å². The molecule has 5 rings (SSSR count). The quantitative estimate of drug-likeness (QED) is 0.600. The first-order valence-corrected chi connectivity index (χ1v) is 11.8. The summed E-state index contributed by atoms with van der Waals surface area (Å²) < 4.78 is 7.55. The van der Waals surface area contributed by atoms with E-state index in [1.54, 1.807) is 23.0 Å². The van der Waals surface area contributed by atoms with Gasteiger partial charge in [0.25, 0.3) is 5.56 Å². The Morgan fingerprint density at radius 3 is 2.67 bits per heavy atom. The summed E-state index contributed by atoms with van der Waals surface area (Å²) in [6.45, 7) is 5.68. The van der Waals surface area contributed by atoms with Crippen LogP contribution in [0.5, 0.6) is 5.75 Å². The molecular formula is C26H30N4O3. The molecule has 1 saturated carbocycles. The van der Waals surface area contributed by atoms with Crippen molar-refractivity contribution < 1.29 is 9.53 Å². The molecule has 1 aromatic heterocycles. The highest BCUT2D eigenvalue weighted by molar-refractivity contribution is 5.96. The molecule has 0 bridgehead atoms. The third-order valence-electron chi connectivity index (χ3n) is 6.77. The molecule has 2 aliphatic rings. The van der Waals surface area contributed by atoms with Gasteiger partial charge in [0.05, 0.1) is 16.6 Å². The fourth-order valence-electron chi connectivity index (χ4n) is 4.86. The van der Waals surface area contributed by atoms with Crippen LogP contribution in [0.3, 0.4) is 0 Å². The van der Waals surface area contributed by atoms with Crippen LogP contribution in [0, 0.1) is 6.92 Å². The van der Waals surface area contributed by atoms with Crippen molar-refractivity contribution in [1.82, 2.24) is 14.5 Å². The molecule has 2 aromatic carbocycles. The number of aromatic nitrogens is 2. The molecule has 1 aliphatic heterocycles. The Bertz CT molecular complexity index is 1260. The number of fused-ring (bicyclic) bond motifs is 1. The van der Waals surface area contributed by atoms with Gasteiger partial charge in [0, 0.05) is 12.1 Å². The molecule has 1 amide bonds. The first kappa shape index (κ1) is 21.6. The van der Waals surface area contributed by atoms with Gasteiger partial charge in [-0.1, -0.05) is 12.5 Å². The van der Waals surface area contributed by atoms with Crippen LogP contribution in [0.15, 0.2) is 41.5 Å². The molecule has 7 heteroatoms. The van der Waals surface area contributed by atoms with E-state index in [2.05, 4.69) is 9.88 Å². The van der Waals surface area contributed by atoms with Crippen LogP contribution in [0.2, 0.25) is 0 Å². The Balaban J connectivity index is 1.49. The van der Waals surface area contributed by atoms with Gasteiger partial charge in [-0.3, -0.25) is 19.1 Å². The van der Waals surface area contributed by atoms with Crippen molar-refractivity contribution in [3.8, 4) is 11.4 Å². The van der Waals surface area contributed by atoms with Crippen molar-refractivity contribution >= 4 is 16.8 Å². The Hall–Kier alpha value is -3.19. The normalized spacial score (nSPS) is 16.8. The lowest BCUT2D eigenvalue weighted by atomic mass is 9.96. The largest absolute Gasteiger partial charge is 0.492 e. The predicted molar refractivity (Wildman–Crippen MR) is 128 cm³/mol. The standard InChI is InChI=1S/C26H30N4O3/c1-17-5-9-20(25(27)31)23(18-6-7-18)24(17)30-16-28-22-10-8-19(15-21(22)26(30)32)33-14-13-29-11-3-2-4-12-29/h5,8-10,15-16,18H,2-4,6-7,11-14H2,1H3,(H2,27,31). The number of nitrogens with two attached hydrogens (primary N) is 1. The highest BCUT2D eigenvalue weighted by Gasteiger charge is 2.32. The molecule has 7 nitrogen and oxygen atoms in total. The molecule has 172 valence electrons. The number of amides is 1. The molecule has 2 heterocycles. The number of hydrogen-bond donors (Lipinski definition) is 1. The fraction of sp³-hybridized carbons (Fsp3) is 0.423. The van der Waals surface area contributed by atoms with E-state index in [4.69, 9.17) is 10.5 Å². The van der Waals surface area contributed by atoms with Crippen LogP contribution < -0.4 is 16.0 Å². The lowest BCUT2D eigenvalue weighted by Crippen LogP contribution is -2.33. The first-order valence-electron chi connectivity index (χ1n) is 11.8. The maximum atomic E-state index is 13.6. The van der Waals surface area contributed by atoms with E-state index < -0.39 is 5.91 Å². The summed E-state index contributed by atoms with van der Waals surface area (Å²) in [4.78, 5) is 32.6. The summed E-state index contributed by atoms with van der Waals surface area (Å²) in [5.41, 5.74) is 9.10. The lowest BCUT2D eigenvalue weighted by Gasteiger charge is -2.26. The molecule has 0 unspecified atom stereocenters. The van der Waals surface area contributed by atoms with Crippen molar-refractivity contribution in [3.05, 3.63) is 63.7 Å². The van der Waals surface area contributed by atoms with Crippen LogP contribution in [0.25, 0.3) is 16.6 Å². The first-order chi connectivity index (χ1) is 16.0. The van der Waals surface area contributed by atoms with Gasteiger partial charge in [-0.15, -0.1) is 0 Å². The number of rotatable bonds is 7. The average Bonchev–Trinajstić information content (AvgIpc) is 3.66. The number of ether oxygens (including phenoxy) is 1. The number of carbonyl (C=O) groups is 1. The predicted octanol–water partition coefficient (Wildman–Crippen LogP) is 3.54. The van der Waals surface area contributed by atoms with Crippen LogP contribution in [0.4, 0.5) is 0 Å². The number of likely N-dealkylation sites (tertiary alicyclic amines) is 1. The number of hydrogen-bond acceptors (Lipinski definition) is 5. The van der Waals surface area contributed by atoms with Gasteiger partial charge in [-0.2, -0.15) is 0 Å². The van der Waals surface area contributed by atoms with Crippen molar-refractivity contribution in [1.29, 1.82) is 0 Å². The summed E-state index contributed by atoms with van der Waals surface area (Å²) in [7, 11) is 0. The van der Waals surface area contributed by atoms with Crippen LogP contribution in [-0.4, -0.2) is 46.6 Å². The minimum Gasteiger partial charge on any atom is -0.492 e. The van der Waals surface area contributed by atoms with Crippen molar-refractivity contribution in [3.63, 3.8) is 0 Å². The molecular weight excluding hydrogens is 416 g/mol. The van der Waals surface area contributed by atoms with Crippen molar-refractivity contribution in [2.45, 2.75) is 44.9 Å². The fourth-order valence-corrected chi connectivity index (χ4v) is 4.86. The molecule has 0 spiro atoms. The zero-order chi connectivity index (χ0) is 22.9. The van der Waals surface area contributed by atoms with E-state index in [9.17, 15) is 9.59 Å². The highest BCUT2D eigenvalue weighted by atomic mass is 16.5. The zero-order valence-corrected chi connectivity index (χ0v) is 19.0. The average molecular weight is 447 g/mol. The molecule has 1 saturated heterocycles. The zero-order valence-electron chi connectivity index (χ0n) is 19.0. The van der Waals surface area contributed by atoms with Gasteiger partial charge in [0.1, 0.15) is 18.7 Å². The van der Waals surface area contributed by atoms with Gasteiger partial charge in [-0.05, 0) is 87.0 Å². The summed E-state index contributed by atoms with van der Waals surface area (Å²) in [5.74, 6) is 0.444. The number of carbonyl (C=O) groups excluding carboxylic acids is 1. The molecule has 3 aromatic rings. The SMILES string of the molecule is Cc1ccc(C(N)=O)c(C2CC2)c1-n1cnc2ccc(OCCN3CCCCC3)cc2c1=O. The van der Waals surface area contributed by atoms with E-state index in [-0.39, 0.29) is 11.5 Å². The smallest absolute Gasteiger partial charge is 0.265 e. The molecule has 2 fully saturated rings. The Morgan fingerprint density at radius 2 is 1.94 bits per heavy atom. The Kier molecular flexibility index (Phi) is 5.89. The maximum absolute atomic E-state index is 13.6. The Labute approximate surface area is 193 Å². The van der Waals surface area contributed by atoms with Crippen molar-refractivity contribution in [2.24, 2.45) is 5.73 Å². The number of aryl methyl sites for hydroxylation is 1. The van der Waals surface area contributed by atoms with Gasteiger partial charge >= 0.3 is 0 Å². The molecule has 33 heavy (non-hydrogen) atoms. The van der Waals surface area contributed by atoms with E-state index >= 15 is 0 Å². The number of primary amides is 1. The van der Waals surface area contributed by atoms with Crippen LogP contribution >= 0.6 is 0 Å². The topological polar surface area (TPSA) is 90.4 Å². The maximum Gasteiger partial charge on any atom is 0.265 e. The monoisotopic (exact) mass is 446 g/mol. The molecule has 2 N–H and O–H groups in total. The minimum absolute atomic E-state index is 0.173. The van der Waals surface area contributed by atoms with E-state index in [1.807, 2.05) is 25.1 Å². The second-order valence-corrected chi connectivity index (χ2v) is 9.18. The summed E-state index contributed by atoms with van der Waals surface area (Å²) >= 11 is 0. The van der Waals surface area contributed by atoms with Gasteiger partial charge in [0.2, 0.25) is 5.91 Å². The molecule has 1 aliphatic carbocycles. The van der Waals surface area contributed by atoms with Gasteiger partial charge < -0.3 is 10.5 Å². The van der Waals surface area contributed by atoms with Gasteiger partial charge in [-0.25, -0.2) is 4.98 Å². The van der Waals surface area contributed by atoms with E-state index in [0.29, 0.717) is 28.8 Å². The Morgan fingerprint density at radius 1 is 1.15 bits per heavy atom. The molecule has 0 atom stereocenters. The lowest BCUT2D eigenvalue weighted by molar-refractivity contribution is 0.0999. The second kappa shape index (κ2) is 8.98. The number of piperidine rings is 1. The third kappa shape index (κ3) is 4.37. The third-order valence-corrected chi connectivity index (χ3v) is 6.77. The summed E-state index contributed by atoms with van der Waals surface area (Å²) in [6.07, 6.45) is 7.34. The molecule has 0 radical (unpaired) electrons. The van der Waals surface area contributed by atoms with Crippen LogP contribution in [0.1, 0.15) is 59.5 Å². The summed E-state index contributed by atoms with van der Waals surface area (Å²) in [5, 5.41) is 0.499. The van der Waals surface area contributed by atoms with Crippen molar-refractivity contribution in [2.75, 3.05) is 26.2 Å². The second-order valence-electron chi connectivity index (χ2n) is 9.18. The minimum atomic E-state index is -0.468. The number of benzene rings is 2. The summed E-state index contributed by atoms with van der Waals surface area (Å²) in [6, 6.07) is 9.08. The number of nitrogens with zero attached hydrogens (tertiary/aromatic N) is 3. The van der Waals surface area contributed by atoms with E-state index in [0.717, 1.165) is 49.3 Å². The van der Waals surface area contributed by atoms with Gasteiger partial charge in [0.15, 0.2) is 0 Å². The van der Waals surface area contributed by atoms with Crippen LogP contribution in [-0.2, 0) is 0 Å².